The molecular weight excluding hydrogens is 196 g/mol. The molecule has 0 fully saturated rings. The highest BCUT2D eigenvalue weighted by molar-refractivity contribution is 7.98. The molecule has 0 bridgehead atoms. The molecule has 4 nitrogen and oxygen atoms in total. The SMILES string of the molecule is CSc1cc(NC(C)CCN)ncn1. The fourth-order valence-corrected chi connectivity index (χ4v) is 1.49. The number of thioether (sulfide) groups is 1. The summed E-state index contributed by atoms with van der Waals surface area (Å²) in [4.78, 5) is 8.23. The minimum absolute atomic E-state index is 0.351. The van der Waals surface area contributed by atoms with Crippen molar-refractivity contribution in [1.82, 2.24) is 9.97 Å². The zero-order valence-electron chi connectivity index (χ0n) is 8.53. The Labute approximate surface area is 88.7 Å². The van der Waals surface area contributed by atoms with Crippen LogP contribution in [-0.2, 0) is 0 Å². The summed E-state index contributed by atoms with van der Waals surface area (Å²) in [5.74, 6) is 0.866. The third-order valence-corrected chi connectivity index (χ3v) is 2.49. The predicted molar refractivity (Wildman–Crippen MR) is 60.6 cm³/mol. The number of hydrogen-bond acceptors (Lipinski definition) is 5. The second-order valence-electron chi connectivity index (χ2n) is 3.07. The largest absolute Gasteiger partial charge is 0.367 e. The molecule has 0 spiro atoms. The lowest BCUT2D eigenvalue weighted by Crippen LogP contribution is -2.20. The van der Waals surface area contributed by atoms with Gasteiger partial charge in [0, 0.05) is 12.1 Å². The standard InChI is InChI=1S/C9H16N4S/c1-7(3-4-10)13-8-5-9(14-2)12-6-11-8/h5-7H,3-4,10H2,1-2H3,(H,11,12,13). The summed E-state index contributed by atoms with van der Waals surface area (Å²) in [7, 11) is 0. The van der Waals surface area contributed by atoms with Crippen molar-refractivity contribution in [3.63, 3.8) is 0 Å². The van der Waals surface area contributed by atoms with Crippen LogP contribution >= 0.6 is 11.8 Å². The molecule has 1 atom stereocenters. The number of aromatic nitrogens is 2. The van der Waals surface area contributed by atoms with Crippen molar-refractivity contribution in [3.8, 4) is 0 Å². The summed E-state index contributed by atoms with van der Waals surface area (Å²) >= 11 is 1.61. The van der Waals surface area contributed by atoms with Gasteiger partial charge in [0.1, 0.15) is 17.2 Å². The van der Waals surface area contributed by atoms with Gasteiger partial charge in [-0.25, -0.2) is 9.97 Å². The molecule has 1 heterocycles. The molecule has 0 aromatic carbocycles. The van der Waals surface area contributed by atoms with Gasteiger partial charge in [0.2, 0.25) is 0 Å². The number of anilines is 1. The lowest BCUT2D eigenvalue weighted by Gasteiger charge is -2.13. The first kappa shape index (κ1) is 11.3. The molecule has 0 radical (unpaired) electrons. The third kappa shape index (κ3) is 3.51. The Hall–Kier alpha value is -0.810. The van der Waals surface area contributed by atoms with Crippen LogP contribution in [-0.4, -0.2) is 28.8 Å². The maximum Gasteiger partial charge on any atom is 0.130 e. The lowest BCUT2D eigenvalue weighted by atomic mass is 10.2. The van der Waals surface area contributed by atoms with Gasteiger partial charge in [0.25, 0.3) is 0 Å². The fraction of sp³-hybridized carbons (Fsp3) is 0.556. The van der Waals surface area contributed by atoms with Crippen molar-refractivity contribution in [1.29, 1.82) is 0 Å². The van der Waals surface area contributed by atoms with Crippen LogP contribution in [0.25, 0.3) is 0 Å². The second-order valence-corrected chi connectivity index (χ2v) is 3.89. The van der Waals surface area contributed by atoms with Crippen LogP contribution in [0, 0.1) is 0 Å². The number of hydrogen-bond donors (Lipinski definition) is 2. The van der Waals surface area contributed by atoms with E-state index in [0.717, 1.165) is 17.3 Å². The molecule has 0 aliphatic heterocycles. The van der Waals surface area contributed by atoms with E-state index in [0.29, 0.717) is 12.6 Å². The molecule has 1 unspecified atom stereocenters. The van der Waals surface area contributed by atoms with Crippen LogP contribution in [0.2, 0.25) is 0 Å². The first-order valence-corrected chi connectivity index (χ1v) is 5.81. The van der Waals surface area contributed by atoms with Gasteiger partial charge in [-0.15, -0.1) is 11.8 Å². The molecule has 1 rings (SSSR count). The monoisotopic (exact) mass is 212 g/mol. The van der Waals surface area contributed by atoms with Crippen LogP contribution in [0.4, 0.5) is 5.82 Å². The average Bonchev–Trinajstić information content (AvgIpc) is 2.18. The highest BCUT2D eigenvalue weighted by Gasteiger charge is 2.02. The van der Waals surface area contributed by atoms with Gasteiger partial charge in [-0.3, -0.25) is 0 Å². The topological polar surface area (TPSA) is 63.8 Å². The van der Waals surface area contributed by atoms with E-state index in [2.05, 4.69) is 22.2 Å². The fourth-order valence-electron chi connectivity index (χ4n) is 1.10. The molecule has 78 valence electrons. The summed E-state index contributed by atoms with van der Waals surface area (Å²) in [5, 5.41) is 4.25. The number of rotatable bonds is 5. The Balaban J connectivity index is 2.57. The quantitative estimate of drug-likeness (QED) is 0.570. The van der Waals surface area contributed by atoms with Gasteiger partial charge in [0.15, 0.2) is 0 Å². The molecule has 1 aromatic rings. The first-order valence-electron chi connectivity index (χ1n) is 4.59. The number of nitrogens with two attached hydrogens (primary N) is 1. The molecule has 14 heavy (non-hydrogen) atoms. The van der Waals surface area contributed by atoms with Gasteiger partial charge < -0.3 is 11.1 Å². The van der Waals surface area contributed by atoms with E-state index in [1.807, 2.05) is 12.3 Å². The Morgan fingerprint density at radius 1 is 1.57 bits per heavy atom. The van der Waals surface area contributed by atoms with Gasteiger partial charge in [0.05, 0.1) is 0 Å². The van der Waals surface area contributed by atoms with Gasteiger partial charge in [-0.05, 0) is 26.1 Å². The van der Waals surface area contributed by atoms with Crippen LogP contribution in [0.1, 0.15) is 13.3 Å². The van der Waals surface area contributed by atoms with Crippen molar-refractivity contribution in [2.45, 2.75) is 24.4 Å². The van der Waals surface area contributed by atoms with Crippen molar-refractivity contribution < 1.29 is 0 Å². The van der Waals surface area contributed by atoms with Crippen molar-refractivity contribution in [2.75, 3.05) is 18.1 Å². The van der Waals surface area contributed by atoms with E-state index >= 15 is 0 Å². The van der Waals surface area contributed by atoms with Crippen molar-refractivity contribution >= 4 is 17.6 Å². The zero-order chi connectivity index (χ0) is 10.4. The van der Waals surface area contributed by atoms with E-state index in [4.69, 9.17) is 5.73 Å². The highest BCUT2D eigenvalue weighted by atomic mass is 32.2. The lowest BCUT2D eigenvalue weighted by molar-refractivity contribution is 0.712. The Bertz CT molecular complexity index is 279. The average molecular weight is 212 g/mol. The van der Waals surface area contributed by atoms with Crippen LogP contribution < -0.4 is 11.1 Å². The van der Waals surface area contributed by atoms with Crippen molar-refractivity contribution in [2.24, 2.45) is 5.73 Å². The van der Waals surface area contributed by atoms with Crippen LogP contribution in [0.15, 0.2) is 17.4 Å². The van der Waals surface area contributed by atoms with Crippen LogP contribution in [0.5, 0.6) is 0 Å². The van der Waals surface area contributed by atoms with E-state index in [1.54, 1.807) is 18.1 Å². The van der Waals surface area contributed by atoms with Crippen molar-refractivity contribution in [3.05, 3.63) is 12.4 Å². The summed E-state index contributed by atoms with van der Waals surface area (Å²) in [6.07, 6.45) is 4.51. The molecule has 1 aromatic heterocycles. The first-order chi connectivity index (χ1) is 6.76. The Morgan fingerprint density at radius 3 is 3.00 bits per heavy atom. The summed E-state index contributed by atoms with van der Waals surface area (Å²) < 4.78 is 0. The maximum absolute atomic E-state index is 5.46. The smallest absolute Gasteiger partial charge is 0.130 e. The van der Waals surface area contributed by atoms with E-state index in [-0.39, 0.29) is 0 Å². The predicted octanol–water partition coefficient (Wildman–Crippen LogP) is 1.35. The molecule has 0 saturated carbocycles. The molecule has 0 aliphatic rings. The molecule has 3 N–H and O–H groups in total. The molecule has 0 aliphatic carbocycles. The summed E-state index contributed by atoms with van der Waals surface area (Å²) in [5.41, 5.74) is 5.46. The Morgan fingerprint density at radius 2 is 2.36 bits per heavy atom. The summed E-state index contributed by atoms with van der Waals surface area (Å²) in [6.45, 7) is 2.78. The molecule has 5 heteroatoms. The molecule has 0 amide bonds. The molecular formula is C9H16N4S. The highest BCUT2D eigenvalue weighted by Crippen LogP contribution is 2.14. The summed E-state index contributed by atoms with van der Waals surface area (Å²) in [6, 6.07) is 2.29. The maximum atomic E-state index is 5.46. The van der Waals surface area contributed by atoms with E-state index < -0.39 is 0 Å². The van der Waals surface area contributed by atoms with Crippen LogP contribution in [0.3, 0.4) is 0 Å². The van der Waals surface area contributed by atoms with Gasteiger partial charge in [-0.1, -0.05) is 0 Å². The van der Waals surface area contributed by atoms with E-state index in [1.165, 1.54) is 0 Å². The van der Waals surface area contributed by atoms with E-state index in [9.17, 15) is 0 Å². The molecule has 0 saturated heterocycles. The Kier molecular flexibility index (Phi) is 4.69. The minimum Gasteiger partial charge on any atom is -0.367 e. The number of nitrogens with zero attached hydrogens (tertiary/aromatic N) is 2. The van der Waals surface area contributed by atoms with Gasteiger partial charge in [-0.2, -0.15) is 0 Å². The number of nitrogens with one attached hydrogen (secondary N) is 1. The third-order valence-electron chi connectivity index (χ3n) is 1.85. The normalized spacial score (nSPS) is 12.5. The second kappa shape index (κ2) is 5.82. The zero-order valence-corrected chi connectivity index (χ0v) is 9.34. The van der Waals surface area contributed by atoms with Gasteiger partial charge >= 0.3 is 0 Å². The minimum atomic E-state index is 0.351.